The van der Waals surface area contributed by atoms with E-state index in [1.807, 2.05) is 32.0 Å². The van der Waals surface area contributed by atoms with Gasteiger partial charge in [0.05, 0.1) is 6.04 Å². The maximum Gasteiger partial charge on any atom is 0.300 e. The molecule has 1 aliphatic heterocycles. The topological polar surface area (TPSA) is 37.4 Å². The van der Waals surface area contributed by atoms with E-state index in [-0.39, 0.29) is 12.0 Å². The van der Waals surface area contributed by atoms with Crippen molar-refractivity contribution < 1.29 is 8.42 Å². The third-order valence-electron chi connectivity index (χ3n) is 3.20. The number of fused-ring (bicyclic) bond motifs is 1. The van der Waals surface area contributed by atoms with Crippen LogP contribution < -0.4 is 0 Å². The Kier molecular flexibility index (Phi) is 3.48. The monoisotopic (exact) mass is 273 g/mol. The summed E-state index contributed by atoms with van der Waals surface area (Å²) in [5.41, 5.74) is 2.31. The van der Waals surface area contributed by atoms with Gasteiger partial charge in [0.2, 0.25) is 0 Å². The van der Waals surface area contributed by atoms with E-state index in [4.69, 9.17) is 10.7 Å². The zero-order chi connectivity index (χ0) is 12.6. The zero-order valence-corrected chi connectivity index (χ0v) is 11.5. The lowest BCUT2D eigenvalue weighted by molar-refractivity contribution is 0.252. The predicted octanol–water partition coefficient (Wildman–Crippen LogP) is 2.73. The normalized spacial score (nSPS) is 21.5. The Bertz CT molecular complexity index is 513. The Morgan fingerprint density at radius 2 is 2.00 bits per heavy atom. The van der Waals surface area contributed by atoms with Crippen LogP contribution in [0, 0.1) is 5.92 Å². The maximum absolute atomic E-state index is 11.6. The summed E-state index contributed by atoms with van der Waals surface area (Å²) in [5, 5.41) is 0. The molecule has 0 N–H and O–H groups in total. The standard InChI is InChI=1S/C12H16ClNO2S/c1-9(2)12-11-6-4-3-5-10(11)7-8-14(12)17(13,15)16/h3-6,9,12H,7-8H2,1-2H3. The van der Waals surface area contributed by atoms with Crippen molar-refractivity contribution in [3.63, 3.8) is 0 Å². The minimum absolute atomic E-state index is 0.151. The molecule has 1 aromatic carbocycles. The lowest BCUT2D eigenvalue weighted by Gasteiger charge is -2.37. The fourth-order valence-corrected chi connectivity index (χ4v) is 3.91. The minimum atomic E-state index is -3.66. The van der Waals surface area contributed by atoms with Crippen LogP contribution in [0.1, 0.15) is 31.0 Å². The molecule has 0 spiro atoms. The van der Waals surface area contributed by atoms with Gasteiger partial charge in [-0.2, -0.15) is 12.7 Å². The summed E-state index contributed by atoms with van der Waals surface area (Å²) in [6, 6.07) is 7.83. The number of halogens is 1. The molecule has 1 aromatic rings. The molecule has 1 heterocycles. The van der Waals surface area contributed by atoms with Crippen LogP contribution in [0.25, 0.3) is 0 Å². The van der Waals surface area contributed by atoms with Crippen molar-refractivity contribution in [3.8, 4) is 0 Å². The molecule has 94 valence electrons. The second-order valence-corrected chi connectivity index (χ2v) is 7.15. The number of rotatable bonds is 2. The second kappa shape index (κ2) is 4.59. The molecule has 0 saturated heterocycles. The summed E-state index contributed by atoms with van der Waals surface area (Å²) in [6.07, 6.45) is 0.728. The van der Waals surface area contributed by atoms with Gasteiger partial charge in [0, 0.05) is 17.2 Å². The van der Waals surface area contributed by atoms with E-state index in [0.29, 0.717) is 6.54 Å². The first-order valence-corrected chi connectivity index (χ1v) is 7.97. The van der Waals surface area contributed by atoms with Crippen molar-refractivity contribution in [1.82, 2.24) is 4.31 Å². The van der Waals surface area contributed by atoms with Crippen molar-refractivity contribution in [2.24, 2.45) is 5.92 Å². The van der Waals surface area contributed by atoms with Crippen LogP contribution >= 0.6 is 10.7 Å². The average molecular weight is 274 g/mol. The predicted molar refractivity (Wildman–Crippen MR) is 69.2 cm³/mol. The Labute approximate surface area is 107 Å². The molecular formula is C12H16ClNO2S. The van der Waals surface area contributed by atoms with Gasteiger partial charge in [0.25, 0.3) is 9.24 Å². The number of nitrogens with zero attached hydrogens (tertiary/aromatic N) is 1. The Morgan fingerprint density at radius 3 is 2.59 bits per heavy atom. The van der Waals surface area contributed by atoms with Gasteiger partial charge in [-0.25, -0.2) is 0 Å². The molecule has 1 aliphatic rings. The van der Waals surface area contributed by atoms with Crippen molar-refractivity contribution >= 4 is 19.9 Å². The summed E-state index contributed by atoms with van der Waals surface area (Å²) in [6.45, 7) is 4.50. The molecule has 0 amide bonds. The number of hydrogen-bond donors (Lipinski definition) is 0. The van der Waals surface area contributed by atoms with E-state index in [1.165, 1.54) is 9.87 Å². The summed E-state index contributed by atoms with van der Waals surface area (Å²) >= 11 is 0. The number of hydrogen-bond acceptors (Lipinski definition) is 2. The van der Waals surface area contributed by atoms with E-state index >= 15 is 0 Å². The van der Waals surface area contributed by atoms with Crippen LogP contribution in [0.15, 0.2) is 24.3 Å². The van der Waals surface area contributed by atoms with Gasteiger partial charge in [-0.3, -0.25) is 0 Å². The lowest BCUT2D eigenvalue weighted by Crippen LogP contribution is -2.39. The van der Waals surface area contributed by atoms with E-state index in [1.54, 1.807) is 0 Å². The molecule has 17 heavy (non-hydrogen) atoms. The highest BCUT2D eigenvalue weighted by Crippen LogP contribution is 2.37. The van der Waals surface area contributed by atoms with Crippen molar-refractivity contribution in [2.45, 2.75) is 26.3 Å². The first kappa shape index (κ1) is 12.9. The maximum atomic E-state index is 11.6. The Balaban J connectivity index is 2.50. The molecule has 1 unspecified atom stereocenters. The molecule has 0 aliphatic carbocycles. The fourth-order valence-electron chi connectivity index (χ4n) is 2.51. The molecule has 5 heteroatoms. The fraction of sp³-hybridized carbons (Fsp3) is 0.500. The van der Waals surface area contributed by atoms with Gasteiger partial charge >= 0.3 is 0 Å². The average Bonchev–Trinajstić information content (AvgIpc) is 2.26. The van der Waals surface area contributed by atoms with E-state index in [2.05, 4.69) is 6.07 Å². The molecule has 0 bridgehead atoms. The van der Waals surface area contributed by atoms with Crippen LogP contribution in [0.3, 0.4) is 0 Å². The van der Waals surface area contributed by atoms with Gasteiger partial charge in [-0.05, 0) is 23.5 Å². The lowest BCUT2D eigenvalue weighted by atomic mass is 9.88. The van der Waals surface area contributed by atoms with E-state index in [9.17, 15) is 8.42 Å². The smallest absolute Gasteiger partial charge is 0.195 e. The summed E-state index contributed by atoms with van der Waals surface area (Å²) in [4.78, 5) is 0. The highest BCUT2D eigenvalue weighted by molar-refractivity contribution is 8.11. The van der Waals surface area contributed by atoms with Crippen LogP contribution in [-0.4, -0.2) is 19.3 Å². The first-order valence-electron chi connectivity index (χ1n) is 5.70. The molecule has 2 rings (SSSR count). The largest absolute Gasteiger partial charge is 0.300 e. The van der Waals surface area contributed by atoms with Crippen molar-refractivity contribution in [1.29, 1.82) is 0 Å². The Hall–Kier alpha value is -0.580. The SMILES string of the molecule is CC(C)C1c2ccccc2CCN1S(=O)(=O)Cl. The third kappa shape index (κ3) is 2.49. The highest BCUT2D eigenvalue weighted by Gasteiger charge is 2.35. The molecule has 1 atom stereocenters. The molecule has 3 nitrogen and oxygen atoms in total. The summed E-state index contributed by atoms with van der Waals surface area (Å²) < 4.78 is 24.6. The molecule has 0 aromatic heterocycles. The van der Waals surface area contributed by atoms with Crippen molar-refractivity contribution in [3.05, 3.63) is 35.4 Å². The molecule has 0 radical (unpaired) electrons. The van der Waals surface area contributed by atoms with Crippen LogP contribution in [-0.2, 0) is 15.7 Å². The van der Waals surface area contributed by atoms with E-state index in [0.717, 1.165) is 12.0 Å². The summed E-state index contributed by atoms with van der Waals surface area (Å²) in [5.74, 6) is 0.199. The Morgan fingerprint density at radius 1 is 1.35 bits per heavy atom. The molecule has 0 saturated carbocycles. The van der Waals surface area contributed by atoms with Gasteiger partial charge in [-0.1, -0.05) is 38.1 Å². The van der Waals surface area contributed by atoms with Crippen LogP contribution in [0.5, 0.6) is 0 Å². The molecular weight excluding hydrogens is 258 g/mol. The van der Waals surface area contributed by atoms with Crippen LogP contribution in [0.2, 0.25) is 0 Å². The third-order valence-corrected chi connectivity index (χ3v) is 4.70. The minimum Gasteiger partial charge on any atom is -0.195 e. The van der Waals surface area contributed by atoms with Gasteiger partial charge in [0.1, 0.15) is 0 Å². The van der Waals surface area contributed by atoms with Gasteiger partial charge in [0.15, 0.2) is 0 Å². The van der Waals surface area contributed by atoms with Crippen molar-refractivity contribution in [2.75, 3.05) is 6.54 Å². The first-order chi connectivity index (χ1) is 7.91. The van der Waals surface area contributed by atoms with Crippen LogP contribution in [0.4, 0.5) is 0 Å². The summed E-state index contributed by atoms with van der Waals surface area (Å²) in [7, 11) is 1.86. The second-order valence-electron chi connectivity index (χ2n) is 4.69. The van der Waals surface area contributed by atoms with Gasteiger partial charge in [-0.15, -0.1) is 0 Å². The molecule has 0 fully saturated rings. The zero-order valence-electron chi connectivity index (χ0n) is 9.93. The number of benzene rings is 1. The quantitative estimate of drug-likeness (QED) is 0.777. The highest BCUT2D eigenvalue weighted by atomic mass is 35.7. The van der Waals surface area contributed by atoms with Gasteiger partial charge < -0.3 is 0 Å². The van der Waals surface area contributed by atoms with E-state index < -0.39 is 9.24 Å².